The van der Waals surface area contributed by atoms with E-state index >= 15 is 0 Å². The lowest BCUT2D eigenvalue weighted by atomic mass is 9.64. The second kappa shape index (κ2) is 9.20. The fourth-order valence-corrected chi connectivity index (χ4v) is 3.74. The Bertz CT molecular complexity index is 584. The third kappa shape index (κ3) is 4.59. The molecule has 1 aliphatic carbocycles. The first-order chi connectivity index (χ1) is 12.0. The summed E-state index contributed by atoms with van der Waals surface area (Å²) in [5, 5.41) is 11.0. The number of nitrogens with one attached hydrogen (secondary N) is 2. The van der Waals surface area contributed by atoms with Crippen LogP contribution in [0.3, 0.4) is 0 Å². The Hall–Kier alpha value is -1.11. The highest BCUT2D eigenvalue weighted by atomic mass is 35.5. The number of carbonyl (C=O) groups is 1. The van der Waals surface area contributed by atoms with Crippen molar-refractivity contribution < 1.29 is 9.53 Å². The Morgan fingerprint density at radius 2 is 2.31 bits per heavy atom. The number of rotatable bonds is 7. The van der Waals surface area contributed by atoms with E-state index in [4.69, 9.17) is 4.74 Å². The quantitative estimate of drug-likeness (QED) is 0.709. The minimum Gasteiger partial charge on any atom is -0.378 e. The lowest BCUT2D eigenvalue weighted by Crippen LogP contribution is -2.62. The minimum absolute atomic E-state index is 0. The molecule has 6 nitrogen and oxygen atoms in total. The molecule has 0 aromatic carbocycles. The highest BCUT2D eigenvalue weighted by Crippen LogP contribution is 2.42. The van der Waals surface area contributed by atoms with Gasteiger partial charge < -0.3 is 15.4 Å². The highest BCUT2D eigenvalue weighted by Gasteiger charge is 2.49. The normalized spacial score (nSPS) is 27.3. The Balaban J connectivity index is 0.00000243. The van der Waals surface area contributed by atoms with Gasteiger partial charge in [-0.2, -0.15) is 5.10 Å². The number of unbranched alkanes of at least 4 members (excludes halogenated alkanes) is 1. The first-order valence-corrected chi connectivity index (χ1v) is 9.70. The average molecular weight is 385 g/mol. The number of hydrogen-bond donors (Lipinski definition) is 2. The average Bonchev–Trinajstić information content (AvgIpc) is 3.11. The zero-order valence-corrected chi connectivity index (χ0v) is 17.0. The SMILES string of the molecule is CCCCOC1CC(NC(=O)c2ccn(C3CCCNC3)n2)C1(C)C.Cl. The summed E-state index contributed by atoms with van der Waals surface area (Å²) in [5.74, 6) is -0.0763. The van der Waals surface area contributed by atoms with Crippen LogP contribution in [0, 0.1) is 5.41 Å². The summed E-state index contributed by atoms with van der Waals surface area (Å²) in [7, 11) is 0. The van der Waals surface area contributed by atoms with Crippen LogP contribution in [-0.4, -0.2) is 47.5 Å². The molecule has 1 aliphatic heterocycles. The number of piperidine rings is 1. The second-order valence-corrected chi connectivity index (χ2v) is 7.98. The van der Waals surface area contributed by atoms with Crippen LogP contribution >= 0.6 is 12.4 Å². The number of carbonyl (C=O) groups excluding carboxylic acids is 1. The van der Waals surface area contributed by atoms with Crippen LogP contribution in [0.1, 0.15) is 69.4 Å². The molecule has 3 unspecified atom stereocenters. The van der Waals surface area contributed by atoms with Crippen LogP contribution in [0.25, 0.3) is 0 Å². The molecule has 3 rings (SSSR count). The van der Waals surface area contributed by atoms with Gasteiger partial charge in [0, 0.05) is 30.8 Å². The smallest absolute Gasteiger partial charge is 0.272 e. The maximum Gasteiger partial charge on any atom is 0.272 e. The molecule has 26 heavy (non-hydrogen) atoms. The number of amides is 1. The Morgan fingerprint density at radius 3 is 2.96 bits per heavy atom. The minimum atomic E-state index is -0.0763. The first kappa shape index (κ1) is 21.2. The predicted octanol–water partition coefficient (Wildman–Crippen LogP) is 2.94. The van der Waals surface area contributed by atoms with E-state index in [0.29, 0.717) is 11.7 Å². The van der Waals surface area contributed by atoms with Gasteiger partial charge in [0.2, 0.25) is 0 Å². The molecule has 148 valence electrons. The summed E-state index contributed by atoms with van der Waals surface area (Å²) >= 11 is 0. The van der Waals surface area contributed by atoms with E-state index in [0.717, 1.165) is 51.8 Å². The second-order valence-electron chi connectivity index (χ2n) is 7.98. The molecular weight excluding hydrogens is 352 g/mol. The lowest BCUT2D eigenvalue weighted by molar-refractivity contribution is -0.115. The molecule has 1 amide bonds. The van der Waals surface area contributed by atoms with E-state index in [1.807, 2.05) is 16.9 Å². The fourth-order valence-electron chi connectivity index (χ4n) is 3.74. The van der Waals surface area contributed by atoms with Gasteiger partial charge in [0.1, 0.15) is 5.69 Å². The number of ether oxygens (including phenoxy) is 1. The van der Waals surface area contributed by atoms with Crippen molar-refractivity contribution in [1.82, 2.24) is 20.4 Å². The summed E-state index contributed by atoms with van der Waals surface area (Å²) < 4.78 is 7.89. The Morgan fingerprint density at radius 1 is 1.50 bits per heavy atom. The van der Waals surface area contributed by atoms with Crippen LogP contribution < -0.4 is 10.6 Å². The highest BCUT2D eigenvalue weighted by molar-refractivity contribution is 5.92. The molecule has 7 heteroatoms. The molecule has 2 N–H and O–H groups in total. The summed E-state index contributed by atoms with van der Waals surface area (Å²) in [4.78, 5) is 12.6. The Kier molecular flexibility index (Phi) is 7.50. The molecule has 1 aromatic rings. The van der Waals surface area contributed by atoms with Crippen molar-refractivity contribution >= 4 is 18.3 Å². The van der Waals surface area contributed by atoms with Crippen molar-refractivity contribution in [1.29, 1.82) is 0 Å². The molecule has 0 bridgehead atoms. The van der Waals surface area contributed by atoms with Crippen molar-refractivity contribution in [3.8, 4) is 0 Å². The molecule has 1 saturated carbocycles. The van der Waals surface area contributed by atoms with Gasteiger partial charge in [0.25, 0.3) is 5.91 Å². The first-order valence-electron chi connectivity index (χ1n) is 9.70. The summed E-state index contributed by atoms with van der Waals surface area (Å²) in [6.07, 6.45) is 7.55. The van der Waals surface area contributed by atoms with Gasteiger partial charge in [-0.25, -0.2) is 0 Å². The van der Waals surface area contributed by atoms with E-state index in [9.17, 15) is 4.79 Å². The fraction of sp³-hybridized carbons (Fsp3) is 0.789. The molecule has 0 spiro atoms. The molecule has 0 radical (unpaired) electrons. The number of halogens is 1. The molecule has 2 heterocycles. The van der Waals surface area contributed by atoms with Crippen molar-refractivity contribution in [2.45, 2.75) is 71.1 Å². The van der Waals surface area contributed by atoms with E-state index in [2.05, 4.69) is 36.5 Å². The molecule has 2 fully saturated rings. The molecular formula is C19H33ClN4O2. The molecule has 1 aromatic heterocycles. The topological polar surface area (TPSA) is 68.2 Å². The zero-order chi connectivity index (χ0) is 17.9. The number of hydrogen-bond acceptors (Lipinski definition) is 4. The van der Waals surface area contributed by atoms with Gasteiger partial charge in [-0.3, -0.25) is 9.48 Å². The van der Waals surface area contributed by atoms with Crippen LogP contribution in [0.15, 0.2) is 12.3 Å². The van der Waals surface area contributed by atoms with Crippen molar-refractivity contribution in [2.75, 3.05) is 19.7 Å². The van der Waals surface area contributed by atoms with Gasteiger partial charge in [0.15, 0.2) is 0 Å². The maximum absolute atomic E-state index is 12.6. The van der Waals surface area contributed by atoms with Gasteiger partial charge in [-0.15, -0.1) is 12.4 Å². The van der Waals surface area contributed by atoms with E-state index < -0.39 is 0 Å². The van der Waals surface area contributed by atoms with Crippen LogP contribution in [0.2, 0.25) is 0 Å². The third-order valence-electron chi connectivity index (χ3n) is 5.79. The van der Waals surface area contributed by atoms with Crippen LogP contribution in [0.4, 0.5) is 0 Å². The van der Waals surface area contributed by atoms with Crippen molar-refractivity contribution in [3.05, 3.63) is 18.0 Å². The summed E-state index contributed by atoms with van der Waals surface area (Å²) in [6.45, 7) is 9.32. The number of nitrogens with zero attached hydrogens (tertiary/aromatic N) is 2. The third-order valence-corrected chi connectivity index (χ3v) is 5.79. The van der Waals surface area contributed by atoms with Gasteiger partial charge in [-0.1, -0.05) is 27.2 Å². The monoisotopic (exact) mass is 384 g/mol. The standard InChI is InChI=1S/C19H32N4O2.ClH/c1-4-5-11-25-17-12-16(19(17,2)3)21-18(24)15-8-10-23(22-15)14-7-6-9-20-13-14;/h8,10,14,16-17,20H,4-7,9,11-13H2,1-3H3,(H,21,24);1H. The zero-order valence-electron chi connectivity index (χ0n) is 16.2. The van der Waals surface area contributed by atoms with Gasteiger partial charge in [0.05, 0.1) is 12.1 Å². The lowest BCUT2D eigenvalue weighted by Gasteiger charge is -2.51. The van der Waals surface area contributed by atoms with Crippen molar-refractivity contribution in [3.63, 3.8) is 0 Å². The van der Waals surface area contributed by atoms with E-state index in [1.54, 1.807) is 0 Å². The maximum atomic E-state index is 12.6. The summed E-state index contributed by atoms with van der Waals surface area (Å²) in [6, 6.07) is 2.32. The largest absolute Gasteiger partial charge is 0.378 e. The molecule has 2 aliphatic rings. The molecule has 1 saturated heterocycles. The van der Waals surface area contributed by atoms with Crippen LogP contribution in [-0.2, 0) is 4.74 Å². The van der Waals surface area contributed by atoms with Crippen LogP contribution in [0.5, 0.6) is 0 Å². The van der Waals surface area contributed by atoms with Gasteiger partial charge in [-0.05, 0) is 38.3 Å². The van der Waals surface area contributed by atoms with E-state index in [1.165, 1.54) is 0 Å². The molecule has 3 atom stereocenters. The predicted molar refractivity (Wildman–Crippen MR) is 105 cm³/mol. The Labute approximate surface area is 162 Å². The van der Waals surface area contributed by atoms with E-state index in [-0.39, 0.29) is 35.9 Å². The van der Waals surface area contributed by atoms with Gasteiger partial charge >= 0.3 is 0 Å². The van der Waals surface area contributed by atoms with Crippen molar-refractivity contribution in [2.24, 2.45) is 5.41 Å². The summed E-state index contributed by atoms with van der Waals surface area (Å²) in [5.41, 5.74) is 0.482. The number of aromatic nitrogens is 2.